The molecule has 128 valence electrons. The lowest BCUT2D eigenvalue weighted by molar-refractivity contribution is 0.103. The summed E-state index contributed by atoms with van der Waals surface area (Å²) < 4.78 is 28.0. The second kappa shape index (κ2) is 7.41. The molecule has 3 aromatic rings. The standard InChI is InChI=1S/C19H17O5P/c1-22-16-12-24-19(23-2)17(16)18(20)13-8-10-15(11-9-13)25(21)14-6-4-3-5-7-14/h3-12,25H,1-2H3. The Bertz CT molecular complexity index is 876. The zero-order valence-electron chi connectivity index (χ0n) is 13.8. The molecule has 0 saturated carbocycles. The van der Waals surface area contributed by atoms with Gasteiger partial charge in [0.05, 0.1) is 14.2 Å². The van der Waals surface area contributed by atoms with Gasteiger partial charge in [0, 0.05) is 16.2 Å². The summed E-state index contributed by atoms with van der Waals surface area (Å²) in [5.74, 6) is 0.126. The van der Waals surface area contributed by atoms with Gasteiger partial charge in [0.1, 0.15) is 19.6 Å². The van der Waals surface area contributed by atoms with Gasteiger partial charge in [-0.25, -0.2) is 0 Å². The van der Waals surface area contributed by atoms with Gasteiger partial charge < -0.3 is 18.5 Å². The minimum Gasteiger partial charge on any atom is -0.492 e. The number of furan rings is 1. The molecule has 0 aliphatic heterocycles. The van der Waals surface area contributed by atoms with Gasteiger partial charge in [-0.15, -0.1) is 0 Å². The lowest BCUT2D eigenvalue weighted by Crippen LogP contribution is -2.09. The predicted octanol–water partition coefficient (Wildman–Crippen LogP) is 3.04. The molecule has 1 heterocycles. The van der Waals surface area contributed by atoms with Crippen LogP contribution in [0.5, 0.6) is 11.7 Å². The minimum absolute atomic E-state index is 0.101. The molecule has 0 N–H and O–H groups in total. The molecule has 0 radical (unpaired) electrons. The van der Waals surface area contributed by atoms with Crippen LogP contribution in [0.3, 0.4) is 0 Å². The number of carbonyl (C=O) groups is 1. The Kier molecular flexibility index (Phi) is 5.05. The Balaban J connectivity index is 1.89. The largest absolute Gasteiger partial charge is 0.492 e. The molecule has 0 amide bonds. The molecular weight excluding hydrogens is 339 g/mol. The first-order valence-electron chi connectivity index (χ1n) is 7.59. The van der Waals surface area contributed by atoms with Gasteiger partial charge in [-0.05, 0) is 0 Å². The number of rotatable bonds is 6. The van der Waals surface area contributed by atoms with Crippen LogP contribution in [0.15, 0.2) is 65.3 Å². The maximum absolute atomic E-state index is 12.7. The summed E-state index contributed by atoms with van der Waals surface area (Å²) in [4.78, 5) is 12.7. The van der Waals surface area contributed by atoms with Crippen molar-refractivity contribution in [3.63, 3.8) is 0 Å². The third kappa shape index (κ3) is 3.37. The highest BCUT2D eigenvalue weighted by atomic mass is 31.1. The van der Waals surface area contributed by atoms with E-state index in [4.69, 9.17) is 13.9 Å². The summed E-state index contributed by atoms with van der Waals surface area (Å²) >= 11 is 0. The minimum atomic E-state index is -2.09. The molecular formula is C19H17O5P. The topological polar surface area (TPSA) is 65.7 Å². The number of ketones is 1. The van der Waals surface area contributed by atoms with Crippen LogP contribution in [0, 0.1) is 0 Å². The van der Waals surface area contributed by atoms with E-state index in [0.29, 0.717) is 16.6 Å². The van der Waals surface area contributed by atoms with Gasteiger partial charge >= 0.3 is 0 Å². The molecule has 5 nitrogen and oxygen atoms in total. The molecule has 6 heteroatoms. The van der Waals surface area contributed by atoms with Crippen molar-refractivity contribution in [1.29, 1.82) is 0 Å². The summed E-state index contributed by atoms with van der Waals surface area (Å²) in [7, 11) is 0.781. The fourth-order valence-electron chi connectivity index (χ4n) is 2.50. The summed E-state index contributed by atoms with van der Waals surface area (Å²) in [6, 6.07) is 16.0. The highest BCUT2D eigenvalue weighted by Gasteiger charge is 2.24. The first-order valence-corrected chi connectivity index (χ1v) is 9.00. The van der Waals surface area contributed by atoms with E-state index in [2.05, 4.69) is 0 Å². The number of hydrogen-bond acceptors (Lipinski definition) is 5. The molecule has 25 heavy (non-hydrogen) atoms. The van der Waals surface area contributed by atoms with Crippen molar-refractivity contribution >= 4 is 24.2 Å². The van der Waals surface area contributed by atoms with Gasteiger partial charge in [0.15, 0.2) is 5.75 Å². The van der Waals surface area contributed by atoms with Crippen LogP contribution < -0.4 is 20.1 Å². The zero-order chi connectivity index (χ0) is 17.8. The van der Waals surface area contributed by atoms with Crippen LogP contribution >= 0.6 is 7.80 Å². The molecule has 2 aromatic carbocycles. The third-order valence-corrected chi connectivity index (χ3v) is 5.52. The first kappa shape index (κ1) is 17.1. The zero-order valence-corrected chi connectivity index (χ0v) is 14.8. The lowest BCUT2D eigenvalue weighted by Gasteiger charge is -2.06. The highest BCUT2D eigenvalue weighted by Crippen LogP contribution is 2.33. The van der Waals surface area contributed by atoms with Crippen molar-refractivity contribution < 1.29 is 23.3 Å². The van der Waals surface area contributed by atoms with E-state index in [9.17, 15) is 9.36 Å². The van der Waals surface area contributed by atoms with Crippen LogP contribution in [0.2, 0.25) is 0 Å². The number of hydrogen-bond donors (Lipinski definition) is 0. The smallest absolute Gasteiger partial charge is 0.299 e. The quantitative estimate of drug-likeness (QED) is 0.502. The maximum Gasteiger partial charge on any atom is 0.299 e. The van der Waals surface area contributed by atoms with E-state index in [1.807, 2.05) is 30.3 Å². The van der Waals surface area contributed by atoms with Crippen molar-refractivity contribution in [2.24, 2.45) is 0 Å². The average Bonchev–Trinajstić information content (AvgIpc) is 3.10. The fraction of sp³-hybridized carbons (Fsp3) is 0.105. The van der Waals surface area contributed by atoms with Crippen LogP contribution in [0.25, 0.3) is 0 Å². The summed E-state index contributed by atoms with van der Waals surface area (Å²) in [6.07, 6.45) is 1.33. The van der Waals surface area contributed by atoms with Gasteiger partial charge in [-0.3, -0.25) is 4.79 Å². The third-order valence-electron chi connectivity index (χ3n) is 3.80. The number of methoxy groups -OCH3 is 2. The van der Waals surface area contributed by atoms with Crippen molar-refractivity contribution in [3.8, 4) is 11.7 Å². The Labute approximate surface area is 146 Å². The number of carbonyl (C=O) groups excluding carboxylic acids is 1. The van der Waals surface area contributed by atoms with E-state index >= 15 is 0 Å². The van der Waals surface area contributed by atoms with Crippen molar-refractivity contribution in [1.82, 2.24) is 0 Å². The Morgan fingerprint density at radius 1 is 0.920 bits per heavy atom. The van der Waals surface area contributed by atoms with E-state index in [1.54, 1.807) is 24.3 Å². The van der Waals surface area contributed by atoms with Crippen LogP contribution in [-0.2, 0) is 4.57 Å². The molecule has 0 saturated heterocycles. The lowest BCUT2D eigenvalue weighted by atomic mass is 10.1. The molecule has 0 spiro atoms. The van der Waals surface area contributed by atoms with Gasteiger partial charge in [0.25, 0.3) is 5.95 Å². The molecule has 1 aromatic heterocycles. The molecule has 3 rings (SSSR count). The predicted molar refractivity (Wildman–Crippen MR) is 96.4 cm³/mol. The van der Waals surface area contributed by atoms with Crippen LogP contribution in [0.1, 0.15) is 15.9 Å². The molecule has 1 unspecified atom stereocenters. The molecule has 0 bridgehead atoms. The average molecular weight is 356 g/mol. The Morgan fingerprint density at radius 3 is 2.16 bits per heavy atom. The van der Waals surface area contributed by atoms with Crippen LogP contribution in [0.4, 0.5) is 0 Å². The van der Waals surface area contributed by atoms with Crippen molar-refractivity contribution in [2.75, 3.05) is 14.2 Å². The van der Waals surface area contributed by atoms with E-state index in [-0.39, 0.29) is 17.3 Å². The second-order valence-corrected chi connectivity index (χ2v) is 7.09. The Hall–Kier alpha value is -2.78. The fourth-order valence-corrected chi connectivity index (χ4v) is 3.80. The SMILES string of the molecule is COc1coc(OC)c1C(=O)c1ccc([PH](=O)c2ccccc2)cc1. The van der Waals surface area contributed by atoms with Crippen molar-refractivity contribution in [2.45, 2.75) is 0 Å². The van der Waals surface area contributed by atoms with E-state index < -0.39 is 7.80 Å². The normalized spacial score (nSPS) is 11.8. The molecule has 0 aliphatic rings. The molecule has 1 atom stereocenters. The summed E-state index contributed by atoms with van der Waals surface area (Å²) in [5.41, 5.74) is 0.665. The summed E-state index contributed by atoms with van der Waals surface area (Å²) in [6.45, 7) is 0. The van der Waals surface area contributed by atoms with Crippen LogP contribution in [-0.4, -0.2) is 20.0 Å². The van der Waals surface area contributed by atoms with E-state index in [0.717, 1.165) is 5.30 Å². The first-order chi connectivity index (χ1) is 12.2. The molecule has 0 aliphatic carbocycles. The monoisotopic (exact) mass is 356 g/mol. The van der Waals surface area contributed by atoms with Gasteiger partial charge in [0.2, 0.25) is 5.78 Å². The summed E-state index contributed by atoms with van der Waals surface area (Å²) in [5, 5.41) is 1.48. The maximum atomic E-state index is 12.7. The Morgan fingerprint density at radius 2 is 1.56 bits per heavy atom. The molecule has 0 fully saturated rings. The van der Waals surface area contributed by atoms with Gasteiger partial charge in [-0.1, -0.05) is 54.6 Å². The highest BCUT2D eigenvalue weighted by molar-refractivity contribution is 7.61. The van der Waals surface area contributed by atoms with Crippen molar-refractivity contribution in [3.05, 3.63) is 72.0 Å². The van der Waals surface area contributed by atoms with E-state index in [1.165, 1.54) is 20.5 Å². The van der Waals surface area contributed by atoms with Gasteiger partial charge in [-0.2, -0.15) is 0 Å². The second-order valence-electron chi connectivity index (χ2n) is 5.27. The number of benzene rings is 2. The number of ether oxygens (including phenoxy) is 2.